The Morgan fingerprint density at radius 2 is 1.86 bits per heavy atom. The Kier molecular flexibility index (Phi) is 5.50. The molecular formula is C21H24N4O3. The van der Waals surface area contributed by atoms with E-state index in [9.17, 15) is 9.59 Å². The lowest BCUT2D eigenvalue weighted by Gasteiger charge is -2.33. The van der Waals surface area contributed by atoms with Crippen LogP contribution in [-0.2, 0) is 16.1 Å². The van der Waals surface area contributed by atoms with Gasteiger partial charge in [0, 0.05) is 64.0 Å². The molecule has 2 aliphatic rings. The van der Waals surface area contributed by atoms with Gasteiger partial charge in [0.25, 0.3) is 0 Å². The van der Waals surface area contributed by atoms with Crippen molar-refractivity contribution in [2.45, 2.75) is 31.9 Å². The maximum atomic E-state index is 12.9. The van der Waals surface area contributed by atoms with Crippen molar-refractivity contribution in [3.8, 4) is 5.75 Å². The van der Waals surface area contributed by atoms with Crippen LogP contribution in [0.3, 0.4) is 0 Å². The third kappa shape index (κ3) is 4.30. The van der Waals surface area contributed by atoms with Gasteiger partial charge in [-0.2, -0.15) is 0 Å². The summed E-state index contributed by atoms with van der Waals surface area (Å²) in [6, 6.07) is 7.55. The van der Waals surface area contributed by atoms with E-state index in [0.29, 0.717) is 32.6 Å². The first-order valence-electron chi connectivity index (χ1n) is 9.71. The zero-order valence-corrected chi connectivity index (χ0v) is 15.7. The van der Waals surface area contributed by atoms with E-state index < -0.39 is 0 Å². The summed E-state index contributed by atoms with van der Waals surface area (Å²) in [6.45, 7) is 2.32. The fraction of sp³-hybridized carbons (Fsp3) is 0.429. The molecule has 0 spiro atoms. The summed E-state index contributed by atoms with van der Waals surface area (Å²) < 4.78 is 5.94. The number of piperidine rings is 1. The molecule has 0 unspecified atom stereocenters. The molecule has 0 N–H and O–H groups in total. The van der Waals surface area contributed by atoms with Crippen LogP contribution in [0.1, 0.15) is 24.8 Å². The lowest BCUT2D eigenvalue weighted by molar-refractivity contribution is -0.137. The Morgan fingerprint density at radius 3 is 2.54 bits per heavy atom. The summed E-state index contributed by atoms with van der Waals surface area (Å²) in [5, 5.41) is 0. The van der Waals surface area contributed by atoms with Crippen LogP contribution in [-0.4, -0.2) is 57.3 Å². The van der Waals surface area contributed by atoms with E-state index in [1.165, 1.54) is 0 Å². The summed E-state index contributed by atoms with van der Waals surface area (Å²) in [7, 11) is 0. The molecule has 146 valence electrons. The van der Waals surface area contributed by atoms with Crippen LogP contribution in [0.5, 0.6) is 5.75 Å². The molecule has 4 rings (SSSR count). The van der Waals surface area contributed by atoms with E-state index >= 15 is 0 Å². The fourth-order valence-corrected chi connectivity index (χ4v) is 3.86. The van der Waals surface area contributed by atoms with Crippen LogP contribution in [0.15, 0.2) is 49.1 Å². The second kappa shape index (κ2) is 8.37. The number of ether oxygens (including phenoxy) is 1. The van der Waals surface area contributed by atoms with Crippen LogP contribution in [0.4, 0.5) is 0 Å². The number of likely N-dealkylation sites (tertiary alicyclic amines) is 2. The average Bonchev–Trinajstić information content (AvgIpc) is 3.10. The van der Waals surface area contributed by atoms with Crippen LogP contribution in [0.25, 0.3) is 0 Å². The quantitative estimate of drug-likeness (QED) is 0.792. The molecule has 28 heavy (non-hydrogen) atoms. The van der Waals surface area contributed by atoms with Gasteiger partial charge in [-0.15, -0.1) is 0 Å². The Bertz CT molecular complexity index is 807. The second-order valence-corrected chi connectivity index (χ2v) is 7.37. The number of aromatic nitrogens is 2. The van der Waals surface area contributed by atoms with Crippen LogP contribution in [0, 0.1) is 5.92 Å². The molecule has 7 nitrogen and oxygen atoms in total. The molecule has 2 aromatic rings. The molecule has 0 aliphatic carbocycles. The van der Waals surface area contributed by atoms with Crippen LogP contribution < -0.4 is 4.74 Å². The SMILES string of the molecule is O=C1C[C@@H](C(=O)N2CCC(Oc3cccnc3)CC2)CN1Cc1cccnc1. The van der Waals surface area contributed by atoms with E-state index in [4.69, 9.17) is 4.74 Å². The fourth-order valence-electron chi connectivity index (χ4n) is 3.86. The first-order chi connectivity index (χ1) is 13.7. The molecule has 0 saturated carbocycles. The highest BCUT2D eigenvalue weighted by molar-refractivity contribution is 5.89. The molecule has 2 fully saturated rings. The van der Waals surface area contributed by atoms with Gasteiger partial charge < -0.3 is 14.5 Å². The molecule has 0 radical (unpaired) electrons. The van der Waals surface area contributed by atoms with Gasteiger partial charge in [0.15, 0.2) is 0 Å². The molecule has 2 aromatic heterocycles. The zero-order chi connectivity index (χ0) is 19.3. The van der Waals surface area contributed by atoms with Gasteiger partial charge in [0.1, 0.15) is 11.9 Å². The smallest absolute Gasteiger partial charge is 0.227 e. The number of carbonyl (C=O) groups excluding carboxylic acids is 2. The highest BCUT2D eigenvalue weighted by Crippen LogP contribution is 2.25. The summed E-state index contributed by atoms with van der Waals surface area (Å²) in [5.41, 5.74) is 0.984. The highest BCUT2D eigenvalue weighted by atomic mass is 16.5. The molecule has 7 heteroatoms. The van der Waals surface area contributed by atoms with Crippen molar-refractivity contribution in [3.05, 3.63) is 54.6 Å². The Hall–Kier alpha value is -2.96. The Labute approximate surface area is 164 Å². The number of amides is 2. The summed E-state index contributed by atoms with van der Waals surface area (Å²) >= 11 is 0. The van der Waals surface area contributed by atoms with Gasteiger partial charge in [0.05, 0.1) is 12.1 Å². The van der Waals surface area contributed by atoms with E-state index in [1.807, 2.05) is 29.2 Å². The number of nitrogens with zero attached hydrogens (tertiary/aromatic N) is 4. The van der Waals surface area contributed by atoms with E-state index in [-0.39, 0.29) is 23.8 Å². The predicted molar refractivity (Wildman–Crippen MR) is 102 cm³/mol. The largest absolute Gasteiger partial charge is 0.489 e. The number of pyridine rings is 2. The topological polar surface area (TPSA) is 75.6 Å². The lowest BCUT2D eigenvalue weighted by Crippen LogP contribution is -2.44. The predicted octanol–water partition coefficient (Wildman–Crippen LogP) is 1.90. The van der Waals surface area contributed by atoms with Gasteiger partial charge >= 0.3 is 0 Å². The molecule has 0 bridgehead atoms. The van der Waals surface area contributed by atoms with Crippen molar-refractivity contribution in [2.24, 2.45) is 5.92 Å². The maximum absolute atomic E-state index is 12.9. The standard InChI is InChI=1S/C21H24N4O3/c26-20-11-17(15-25(20)14-16-3-1-7-22-12-16)21(27)24-9-5-18(6-10-24)28-19-4-2-8-23-13-19/h1-4,7-8,12-13,17-18H,5-6,9-11,14-15H2/t17-/m1/s1. The van der Waals surface area contributed by atoms with Crippen molar-refractivity contribution in [1.29, 1.82) is 0 Å². The summed E-state index contributed by atoms with van der Waals surface area (Å²) in [6.07, 6.45) is 8.87. The van der Waals surface area contributed by atoms with Crippen LogP contribution >= 0.6 is 0 Å². The Morgan fingerprint density at radius 1 is 1.11 bits per heavy atom. The number of hydrogen-bond donors (Lipinski definition) is 0. The summed E-state index contributed by atoms with van der Waals surface area (Å²) in [4.78, 5) is 37.0. The summed E-state index contributed by atoms with van der Waals surface area (Å²) in [5.74, 6) is 0.638. The van der Waals surface area contributed by atoms with Crippen molar-refractivity contribution >= 4 is 11.8 Å². The number of carbonyl (C=O) groups is 2. The molecule has 2 amide bonds. The highest BCUT2D eigenvalue weighted by Gasteiger charge is 2.37. The molecule has 1 atom stereocenters. The molecule has 2 saturated heterocycles. The van der Waals surface area contributed by atoms with Crippen molar-refractivity contribution in [1.82, 2.24) is 19.8 Å². The minimum absolute atomic E-state index is 0.0389. The van der Waals surface area contributed by atoms with Gasteiger partial charge in [0.2, 0.25) is 11.8 Å². The first kappa shape index (κ1) is 18.4. The van der Waals surface area contributed by atoms with Gasteiger partial charge in [-0.3, -0.25) is 19.6 Å². The average molecular weight is 380 g/mol. The van der Waals surface area contributed by atoms with Gasteiger partial charge in [-0.05, 0) is 23.8 Å². The van der Waals surface area contributed by atoms with Gasteiger partial charge in [-0.25, -0.2) is 0 Å². The molecule has 2 aliphatic heterocycles. The molecular weight excluding hydrogens is 356 g/mol. The van der Waals surface area contributed by atoms with Crippen molar-refractivity contribution in [3.63, 3.8) is 0 Å². The normalized spacial score (nSPS) is 20.4. The zero-order valence-electron chi connectivity index (χ0n) is 15.7. The van der Waals surface area contributed by atoms with Crippen molar-refractivity contribution in [2.75, 3.05) is 19.6 Å². The number of hydrogen-bond acceptors (Lipinski definition) is 5. The third-order valence-corrected chi connectivity index (χ3v) is 5.35. The first-order valence-corrected chi connectivity index (χ1v) is 9.71. The van der Waals surface area contributed by atoms with Crippen molar-refractivity contribution < 1.29 is 14.3 Å². The number of rotatable bonds is 5. The third-order valence-electron chi connectivity index (χ3n) is 5.35. The minimum atomic E-state index is -0.250. The van der Waals surface area contributed by atoms with E-state index in [2.05, 4.69) is 9.97 Å². The second-order valence-electron chi connectivity index (χ2n) is 7.37. The molecule has 4 heterocycles. The van der Waals surface area contributed by atoms with Gasteiger partial charge in [-0.1, -0.05) is 6.07 Å². The van der Waals surface area contributed by atoms with E-state index in [1.54, 1.807) is 29.7 Å². The van der Waals surface area contributed by atoms with E-state index in [0.717, 1.165) is 24.2 Å². The molecule has 0 aromatic carbocycles. The monoisotopic (exact) mass is 380 g/mol. The maximum Gasteiger partial charge on any atom is 0.227 e. The Balaban J connectivity index is 1.28. The lowest BCUT2D eigenvalue weighted by atomic mass is 10.0. The minimum Gasteiger partial charge on any atom is -0.489 e. The van der Waals surface area contributed by atoms with Crippen LogP contribution in [0.2, 0.25) is 0 Å².